The monoisotopic (exact) mass is 341 g/mol. The van der Waals surface area contributed by atoms with Gasteiger partial charge in [0.2, 0.25) is 0 Å². The van der Waals surface area contributed by atoms with Crippen molar-refractivity contribution in [3.05, 3.63) is 52.8 Å². The lowest BCUT2D eigenvalue weighted by molar-refractivity contribution is 0.477. The summed E-state index contributed by atoms with van der Waals surface area (Å²) in [6, 6.07) is 8.78. The first-order valence-corrected chi connectivity index (χ1v) is 8.33. The van der Waals surface area contributed by atoms with Crippen LogP contribution < -0.4 is 4.74 Å². The van der Waals surface area contributed by atoms with Gasteiger partial charge in [-0.3, -0.25) is 4.98 Å². The Bertz CT molecular complexity index is 672. The van der Waals surface area contributed by atoms with Crippen LogP contribution >= 0.6 is 15.9 Å². The fraction of sp³-hybridized carbons (Fsp3) is 0.154. The van der Waals surface area contributed by atoms with Gasteiger partial charge in [0.1, 0.15) is 11.5 Å². The summed E-state index contributed by atoms with van der Waals surface area (Å²) >= 11 is 3.37. The number of ether oxygens (including phenoxy) is 1. The Morgan fingerprint density at radius 1 is 1.32 bits per heavy atom. The van der Waals surface area contributed by atoms with Crippen LogP contribution in [0.2, 0.25) is 0 Å². The third-order valence-corrected chi connectivity index (χ3v) is 3.76. The second-order valence-corrected chi connectivity index (χ2v) is 7.12. The standard InChI is InChI=1S/C13H12BrNO3S/c1-19(16,17)9-10-4-5-13(12(14)7-10)18-11-3-2-6-15-8-11/h2-8H,9H2,1H3. The number of hydrogen-bond donors (Lipinski definition) is 0. The average Bonchev–Trinajstić information content (AvgIpc) is 2.32. The van der Waals surface area contributed by atoms with E-state index in [1.54, 1.807) is 42.7 Å². The van der Waals surface area contributed by atoms with Crippen molar-refractivity contribution in [3.8, 4) is 11.5 Å². The molecule has 0 aliphatic rings. The predicted molar refractivity (Wildman–Crippen MR) is 77.0 cm³/mol. The predicted octanol–water partition coefficient (Wildman–Crippen LogP) is 3.18. The summed E-state index contributed by atoms with van der Waals surface area (Å²) in [6.07, 6.45) is 4.48. The maximum atomic E-state index is 11.2. The number of benzene rings is 1. The fourth-order valence-corrected chi connectivity index (χ4v) is 2.85. The van der Waals surface area contributed by atoms with Gasteiger partial charge in [-0.05, 0) is 45.8 Å². The minimum absolute atomic E-state index is 0.0127. The molecule has 0 unspecified atom stereocenters. The summed E-state index contributed by atoms with van der Waals surface area (Å²) in [7, 11) is -3.04. The van der Waals surface area contributed by atoms with Gasteiger partial charge in [-0.1, -0.05) is 6.07 Å². The lowest BCUT2D eigenvalue weighted by Crippen LogP contribution is -2.00. The van der Waals surface area contributed by atoms with Crippen LogP contribution in [0.15, 0.2) is 47.2 Å². The van der Waals surface area contributed by atoms with E-state index in [9.17, 15) is 8.42 Å². The minimum Gasteiger partial charge on any atom is -0.455 e. The summed E-state index contributed by atoms with van der Waals surface area (Å²) in [4.78, 5) is 3.96. The molecule has 0 N–H and O–H groups in total. The van der Waals surface area contributed by atoms with E-state index in [2.05, 4.69) is 20.9 Å². The van der Waals surface area contributed by atoms with Gasteiger partial charge in [-0.25, -0.2) is 8.42 Å². The normalized spacial score (nSPS) is 11.3. The molecule has 0 radical (unpaired) electrons. The highest BCUT2D eigenvalue weighted by Crippen LogP contribution is 2.30. The van der Waals surface area contributed by atoms with Gasteiger partial charge in [0.25, 0.3) is 0 Å². The Morgan fingerprint density at radius 2 is 2.11 bits per heavy atom. The van der Waals surface area contributed by atoms with Crippen LogP contribution in [-0.4, -0.2) is 19.7 Å². The van der Waals surface area contributed by atoms with E-state index in [0.29, 0.717) is 21.5 Å². The van der Waals surface area contributed by atoms with Crippen molar-refractivity contribution < 1.29 is 13.2 Å². The lowest BCUT2D eigenvalue weighted by atomic mass is 10.2. The minimum atomic E-state index is -3.04. The van der Waals surface area contributed by atoms with Gasteiger partial charge in [0.15, 0.2) is 9.84 Å². The van der Waals surface area contributed by atoms with Crippen molar-refractivity contribution in [2.45, 2.75) is 5.75 Å². The van der Waals surface area contributed by atoms with Crippen molar-refractivity contribution >= 4 is 25.8 Å². The highest BCUT2D eigenvalue weighted by atomic mass is 79.9. The third-order valence-electron chi connectivity index (χ3n) is 2.29. The third kappa shape index (κ3) is 4.33. The fourth-order valence-electron chi connectivity index (χ4n) is 1.55. The molecule has 0 saturated heterocycles. The van der Waals surface area contributed by atoms with Crippen LogP contribution in [-0.2, 0) is 15.6 Å². The van der Waals surface area contributed by atoms with Crippen molar-refractivity contribution in [1.29, 1.82) is 0 Å². The first-order chi connectivity index (χ1) is 8.94. The highest BCUT2D eigenvalue weighted by molar-refractivity contribution is 9.10. The van der Waals surface area contributed by atoms with Crippen LogP contribution in [0.3, 0.4) is 0 Å². The molecule has 4 nitrogen and oxygen atoms in total. The Kier molecular flexibility index (Phi) is 4.21. The van der Waals surface area contributed by atoms with E-state index in [-0.39, 0.29) is 5.75 Å². The molecule has 0 fully saturated rings. The zero-order valence-corrected chi connectivity index (χ0v) is 12.6. The topological polar surface area (TPSA) is 56.3 Å². The van der Waals surface area contributed by atoms with Crippen molar-refractivity contribution in [1.82, 2.24) is 4.98 Å². The Labute approximate surface area is 120 Å². The van der Waals surface area contributed by atoms with Crippen molar-refractivity contribution in [2.75, 3.05) is 6.26 Å². The molecule has 0 aliphatic carbocycles. The average molecular weight is 342 g/mol. The van der Waals surface area contributed by atoms with Crippen LogP contribution in [0.25, 0.3) is 0 Å². The molecule has 1 heterocycles. The second kappa shape index (κ2) is 5.71. The molecule has 0 bridgehead atoms. The SMILES string of the molecule is CS(=O)(=O)Cc1ccc(Oc2cccnc2)c(Br)c1. The number of hydrogen-bond acceptors (Lipinski definition) is 4. The molecule has 2 aromatic rings. The van der Waals surface area contributed by atoms with Crippen molar-refractivity contribution in [2.24, 2.45) is 0 Å². The van der Waals surface area contributed by atoms with E-state index in [1.807, 2.05) is 0 Å². The quantitative estimate of drug-likeness (QED) is 0.856. The number of sulfone groups is 1. The number of nitrogens with zero attached hydrogens (tertiary/aromatic N) is 1. The second-order valence-electron chi connectivity index (χ2n) is 4.13. The maximum absolute atomic E-state index is 11.2. The zero-order valence-electron chi connectivity index (χ0n) is 10.2. The number of aromatic nitrogens is 1. The molecule has 1 aromatic carbocycles. The molecule has 19 heavy (non-hydrogen) atoms. The van der Waals surface area contributed by atoms with Gasteiger partial charge >= 0.3 is 0 Å². The summed E-state index contributed by atoms with van der Waals surface area (Å²) in [5.74, 6) is 1.25. The van der Waals surface area contributed by atoms with E-state index in [4.69, 9.17) is 4.74 Å². The summed E-state index contributed by atoms with van der Waals surface area (Å²) in [6.45, 7) is 0. The van der Waals surface area contributed by atoms with Crippen LogP contribution in [0.5, 0.6) is 11.5 Å². The van der Waals surface area contributed by atoms with E-state index >= 15 is 0 Å². The zero-order chi connectivity index (χ0) is 13.9. The summed E-state index contributed by atoms with van der Waals surface area (Å²) < 4.78 is 28.8. The molecule has 2 rings (SSSR count). The van der Waals surface area contributed by atoms with Crippen LogP contribution in [0, 0.1) is 0 Å². The lowest BCUT2D eigenvalue weighted by Gasteiger charge is -2.08. The van der Waals surface area contributed by atoms with Crippen LogP contribution in [0.1, 0.15) is 5.56 Å². The van der Waals surface area contributed by atoms with Gasteiger partial charge in [0, 0.05) is 12.5 Å². The van der Waals surface area contributed by atoms with Gasteiger partial charge in [-0.15, -0.1) is 0 Å². The highest BCUT2D eigenvalue weighted by Gasteiger charge is 2.08. The number of rotatable bonds is 4. The molecule has 6 heteroatoms. The smallest absolute Gasteiger partial charge is 0.151 e. The van der Waals surface area contributed by atoms with E-state index < -0.39 is 9.84 Å². The summed E-state index contributed by atoms with van der Waals surface area (Å²) in [5, 5.41) is 0. The number of halogens is 1. The molecule has 0 atom stereocenters. The first-order valence-electron chi connectivity index (χ1n) is 5.48. The van der Waals surface area contributed by atoms with Crippen molar-refractivity contribution in [3.63, 3.8) is 0 Å². The van der Waals surface area contributed by atoms with Gasteiger partial charge < -0.3 is 4.74 Å². The molecule has 100 valence electrons. The molecular weight excluding hydrogens is 330 g/mol. The maximum Gasteiger partial charge on any atom is 0.151 e. The molecule has 0 spiro atoms. The van der Waals surface area contributed by atoms with Gasteiger partial charge in [0.05, 0.1) is 16.4 Å². The largest absolute Gasteiger partial charge is 0.455 e. The first kappa shape index (κ1) is 14.0. The van der Waals surface area contributed by atoms with Crippen LogP contribution in [0.4, 0.5) is 0 Å². The molecule has 0 amide bonds. The Balaban J connectivity index is 2.20. The van der Waals surface area contributed by atoms with E-state index in [1.165, 1.54) is 6.26 Å². The van der Waals surface area contributed by atoms with E-state index in [0.717, 1.165) is 0 Å². The molecular formula is C13H12BrNO3S. The Morgan fingerprint density at radius 3 is 2.68 bits per heavy atom. The molecule has 0 saturated carbocycles. The summed E-state index contributed by atoms with van der Waals surface area (Å²) in [5.41, 5.74) is 0.716. The van der Waals surface area contributed by atoms with Gasteiger partial charge in [-0.2, -0.15) is 0 Å². The molecule has 0 aliphatic heterocycles. The Hall–Kier alpha value is -1.40. The molecule has 1 aromatic heterocycles. The number of pyridine rings is 1.